The standard InChI is InChI=1S/C14H10BrFN2OS/c1-7-18-11-6-13(10(17)5-14(11)20-7)19-12-4-8(16)2-3-9(12)15/h2-6H,17H2,1H3. The summed E-state index contributed by atoms with van der Waals surface area (Å²) in [5.41, 5.74) is 7.30. The first-order valence-corrected chi connectivity index (χ1v) is 7.43. The van der Waals surface area contributed by atoms with Crippen molar-refractivity contribution in [2.45, 2.75) is 6.92 Å². The van der Waals surface area contributed by atoms with Crippen LogP contribution in [0.25, 0.3) is 10.2 Å². The Morgan fingerprint density at radius 2 is 2.05 bits per heavy atom. The molecule has 3 aromatic rings. The highest BCUT2D eigenvalue weighted by molar-refractivity contribution is 9.10. The van der Waals surface area contributed by atoms with Crippen LogP contribution < -0.4 is 10.5 Å². The largest absolute Gasteiger partial charge is 0.454 e. The van der Waals surface area contributed by atoms with Crippen LogP contribution in [-0.4, -0.2) is 4.98 Å². The van der Waals surface area contributed by atoms with Gasteiger partial charge < -0.3 is 10.5 Å². The fourth-order valence-corrected chi connectivity index (χ4v) is 3.03. The van der Waals surface area contributed by atoms with Crippen molar-refractivity contribution < 1.29 is 9.13 Å². The molecule has 3 rings (SSSR count). The van der Waals surface area contributed by atoms with Gasteiger partial charge in [-0.15, -0.1) is 11.3 Å². The van der Waals surface area contributed by atoms with Gasteiger partial charge in [-0.3, -0.25) is 0 Å². The third-order valence-electron chi connectivity index (χ3n) is 2.74. The Bertz CT molecular complexity index is 803. The third-order valence-corrected chi connectivity index (χ3v) is 4.33. The SMILES string of the molecule is Cc1nc2cc(Oc3cc(F)ccc3Br)c(N)cc2s1. The van der Waals surface area contributed by atoms with E-state index in [4.69, 9.17) is 10.5 Å². The van der Waals surface area contributed by atoms with E-state index in [9.17, 15) is 4.39 Å². The zero-order chi connectivity index (χ0) is 14.3. The van der Waals surface area contributed by atoms with Crippen molar-refractivity contribution in [3.05, 3.63) is 45.6 Å². The van der Waals surface area contributed by atoms with Gasteiger partial charge in [-0.1, -0.05) is 0 Å². The topological polar surface area (TPSA) is 48.1 Å². The number of rotatable bonds is 2. The lowest BCUT2D eigenvalue weighted by Crippen LogP contribution is -1.93. The van der Waals surface area contributed by atoms with Gasteiger partial charge in [0.05, 0.1) is 25.4 Å². The van der Waals surface area contributed by atoms with Crippen molar-refractivity contribution in [3.63, 3.8) is 0 Å². The number of fused-ring (bicyclic) bond motifs is 1. The highest BCUT2D eigenvalue weighted by Crippen LogP contribution is 2.36. The second-order valence-electron chi connectivity index (χ2n) is 4.27. The number of hydrogen-bond acceptors (Lipinski definition) is 4. The molecule has 0 unspecified atom stereocenters. The highest BCUT2D eigenvalue weighted by atomic mass is 79.9. The van der Waals surface area contributed by atoms with E-state index in [2.05, 4.69) is 20.9 Å². The average Bonchev–Trinajstić information content (AvgIpc) is 2.73. The van der Waals surface area contributed by atoms with Crippen LogP contribution in [-0.2, 0) is 0 Å². The fourth-order valence-electron chi connectivity index (χ4n) is 1.85. The molecule has 0 aliphatic heterocycles. The summed E-state index contributed by atoms with van der Waals surface area (Å²) in [5, 5.41) is 0.962. The van der Waals surface area contributed by atoms with Gasteiger partial charge in [-0.2, -0.15) is 0 Å². The number of nitrogens with zero attached hydrogens (tertiary/aromatic N) is 1. The average molecular weight is 353 g/mol. The van der Waals surface area contributed by atoms with Gasteiger partial charge in [0.2, 0.25) is 0 Å². The first-order valence-electron chi connectivity index (χ1n) is 5.82. The van der Waals surface area contributed by atoms with Crippen molar-refractivity contribution in [3.8, 4) is 11.5 Å². The van der Waals surface area contributed by atoms with E-state index in [-0.39, 0.29) is 5.82 Å². The lowest BCUT2D eigenvalue weighted by Gasteiger charge is -2.10. The number of anilines is 1. The fraction of sp³-hybridized carbons (Fsp3) is 0.0714. The molecule has 102 valence electrons. The number of aromatic nitrogens is 1. The number of benzene rings is 2. The lowest BCUT2D eigenvalue weighted by atomic mass is 10.2. The van der Waals surface area contributed by atoms with Crippen molar-refractivity contribution in [2.24, 2.45) is 0 Å². The van der Waals surface area contributed by atoms with Crippen LogP contribution in [0, 0.1) is 12.7 Å². The van der Waals surface area contributed by atoms with Crippen LogP contribution in [0.15, 0.2) is 34.8 Å². The van der Waals surface area contributed by atoms with E-state index in [1.165, 1.54) is 12.1 Å². The van der Waals surface area contributed by atoms with Gasteiger partial charge in [0, 0.05) is 12.1 Å². The van der Waals surface area contributed by atoms with E-state index in [1.807, 2.05) is 13.0 Å². The first kappa shape index (κ1) is 13.3. The molecule has 0 spiro atoms. The molecule has 2 aromatic carbocycles. The molecular weight excluding hydrogens is 343 g/mol. The monoisotopic (exact) mass is 352 g/mol. The summed E-state index contributed by atoms with van der Waals surface area (Å²) in [6, 6.07) is 7.84. The second kappa shape index (κ2) is 5.03. The summed E-state index contributed by atoms with van der Waals surface area (Å²) in [7, 11) is 0. The van der Waals surface area contributed by atoms with Crippen molar-refractivity contribution >= 4 is 43.2 Å². The van der Waals surface area contributed by atoms with E-state index in [1.54, 1.807) is 23.5 Å². The van der Waals surface area contributed by atoms with E-state index in [0.717, 1.165) is 15.2 Å². The number of ether oxygens (including phenoxy) is 1. The zero-order valence-corrected chi connectivity index (χ0v) is 12.9. The van der Waals surface area contributed by atoms with Gasteiger partial charge in [0.25, 0.3) is 0 Å². The molecule has 0 fully saturated rings. The van der Waals surface area contributed by atoms with Crippen molar-refractivity contribution in [1.82, 2.24) is 4.98 Å². The van der Waals surface area contributed by atoms with E-state index >= 15 is 0 Å². The second-order valence-corrected chi connectivity index (χ2v) is 6.36. The van der Waals surface area contributed by atoms with Gasteiger partial charge in [-0.05, 0) is 41.1 Å². The maximum atomic E-state index is 13.3. The first-order chi connectivity index (χ1) is 9.52. The van der Waals surface area contributed by atoms with Gasteiger partial charge in [0.1, 0.15) is 11.6 Å². The molecule has 2 N–H and O–H groups in total. The molecule has 6 heteroatoms. The van der Waals surface area contributed by atoms with Gasteiger partial charge in [0.15, 0.2) is 5.75 Å². The number of hydrogen-bond donors (Lipinski definition) is 1. The maximum absolute atomic E-state index is 13.3. The molecule has 3 nitrogen and oxygen atoms in total. The predicted molar refractivity (Wildman–Crippen MR) is 82.9 cm³/mol. The zero-order valence-electron chi connectivity index (χ0n) is 10.5. The number of halogens is 2. The molecule has 1 aromatic heterocycles. The summed E-state index contributed by atoms with van der Waals surface area (Å²) < 4.78 is 20.6. The Morgan fingerprint density at radius 3 is 2.85 bits per heavy atom. The molecule has 0 saturated heterocycles. The minimum atomic E-state index is -0.368. The smallest absolute Gasteiger partial charge is 0.152 e. The Balaban J connectivity index is 2.05. The Morgan fingerprint density at radius 1 is 1.25 bits per heavy atom. The quantitative estimate of drug-likeness (QED) is 0.668. The van der Waals surface area contributed by atoms with Crippen LogP contribution in [0.2, 0.25) is 0 Å². The Hall–Kier alpha value is -1.66. The highest BCUT2D eigenvalue weighted by Gasteiger charge is 2.10. The number of nitrogen functional groups attached to an aromatic ring is 1. The molecule has 0 atom stereocenters. The number of nitrogens with two attached hydrogens (primary N) is 1. The summed E-state index contributed by atoms with van der Waals surface area (Å²) >= 11 is 4.89. The summed E-state index contributed by atoms with van der Waals surface area (Å²) in [4.78, 5) is 4.39. The summed E-state index contributed by atoms with van der Waals surface area (Å²) in [6.45, 7) is 1.94. The normalized spacial score (nSPS) is 10.9. The molecule has 0 saturated carbocycles. The third kappa shape index (κ3) is 2.48. The Kier molecular flexibility index (Phi) is 3.35. The molecular formula is C14H10BrFN2OS. The molecule has 0 aliphatic rings. The lowest BCUT2D eigenvalue weighted by molar-refractivity contribution is 0.476. The molecule has 0 amide bonds. The van der Waals surface area contributed by atoms with Crippen LogP contribution in [0.1, 0.15) is 5.01 Å². The molecule has 0 radical (unpaired) electrons. The minimum Gasteiger partial charge on any atom is -0.454 e. The van der Waals surface area contributed by atoms with Crippen LogP contribution in [0.5, 0.6) is 11.5 Å². The van der Waals surface area contributed by atoms with Crippen LogP contribution in [0.3, 0.4) is 0 Å². The van der Waals surface area contributed by atoms with Crippen LogP contribution >= 0.6 is 27.3 Å². The van der Waals surface area contributed by atoms with Gasteiger partial charge >= 0.3 is 0 Å². The van der Waals surface area contributed by atoms with Crippen LogP contribution in [0.4, 0.5) is 10.1 Å². The Labute approximate surface area is 127 Å². The summed E-state index contributed by atoms with van der Waals surface area (Å²) in [5.74, 6) is 0.476. The molecule has 0 aliphatic carbocycles. The summed E-state index contributed by atoms with van der Waals surface area (Å²) in [6.07, 6.45) is 0. The van der Waals surface area contributed by atoms with Crippen molar-refractivity contribution in [2.75, 3.05) is 5.73 Å². The van der Waals surface area contributed by atoms with Gasteiger partial charge in [-0.25, -0.2) is 9.37 Å². The molecule has 1 heterocycles. The number of aryl methyl sites for hydroxylation is 1. The number of thiazole rings is 1. The maximum Gasteiger partial charge on any atom is 0.152 e. The molecule has 0 bridgehead atoms. The van der Waals surface area contributed by atoms with E-state index in [0.29, 0.717) is 21.7 Å². The predicted octanol–water partition coefficient (Wildman–Crippen LogP) is 4.88. The van der Waals surface area contributed by atoms with Crippen molar-refractivity contribution in [1.29, 1.82) is 0 Å². The minimum absolute atomic E-state index is 0.368. The van der Waals surface area contributed by atoms with E-state index < -0.39 is 0 Å². The molecule has 20 heavy (non-hydrogen) atoms.